The van der Waals surface area contributed by atoms with E-state index in [2.05, 4.69) is 0 Å². The fraction of sp³-hybridized carbons (Fsp3) is 0.364. The van der Waals surface area contributed by atoms with E-state index in [-0.39, 0.29) is 46.0 Å². The molecule has 0 aliphatic carbocycles. The van der Waals surface area contributed by atoms with E-state index in [1.54, 1.807) is 52.0 Å². The molecule has 0 spiro atoms. The molecule has 0 fully saturated rings. The Bertz CT molecular complexity index is 1100. The fourth-order valence-corrected chi connectivity index (χ4v) is 4.71. The molecule has 34 heavy (non-hydrogen) atoms. The first-order valence-corrected chi connectivity index (χ1v) is 15.6. The summed E-state index contributed by atoms with van der Waals surface area (Å²) in [5, 5.41) is 2.99. The van der Waals surface area contributed by atoms with Crippen LogP contribution in [0, 0.1) is 0 Å². The topological polar surface area (TPSA) is 105 Å². The van der Waals surface area contributed by atoms with Crippen LogP contribution in [0.25, 0.3) is 21.5 Å². The van der Waals surface area contributed by atoms with Crippen LogP contribution in [0.1, 0.15) is 27.7 Å². The van der Waals surface area contributed by atoms with Gasteiger partial charge in [0, 0.05) is 0 Å². The van der Waals surface area contributed by atoms with Gasteiger partial charge in [-0.1, -0.05) is 27.7 Å². The van der Waals surface area contributed by atoms with Gasteiger partial charge in [0.2, 0.25) is 44.3 Å². The number of hydrogen-bond acceptors (Lipinski definition) is 8. The van der Waals surface area contributed by atoms with Crippen molar-refractivity contribution in [3.63, 3.8) is 0 Å². The van der Waals surface area contributed by atoms with Gasteiger partial charge in [0.25, 0.3) is 0 Å². The number of fused-ring (bicyclic) bond motifs is 2. The molecule has 186 valence electrons. The Morgan fingerprint density at radius 3 is 0.824 bits per heavy atom. The Morgan fingerprint density at radius 2 is 0.647 bits per heavy atom. The molecule has 3 aromatic rings. The highest BCUT2D eigenvalue weighted by Crippen LogP contribution is 2.39. The first-order chi connectivity index (χ1) is 16.3. The van der Waals surface area contributed by atoms with Gasteiger partial charge in [0.1, 0.15) is 0 Å². The standard InChI is InChI=1S/C22H26O8S4/c1-5-31(23)27-19-11-15-9-17-13-21(29-33(25)7-3)22(30-34(26)8-4)14-18(17)10-16(15)12-20(19)28-32(24)6-2/h9-14H,5-8H2,1-4H3. The molecule has 4 unspecified atom stereocenters. The summed E-state index contributed by atoms with van der Waals surface area (Å²) in [6.07, 6.45) is 0. The van der Waals surface area contributed by atoms with Gasteiger partial charge in [0.15, 0.2) is 23.0 Å². The van der Waals surface area contributed by atoms with Crippen LogP contribution in [-0.4, -0.2) is 39.8 Å². The lowest BCUT2D eigenvalue weighted by Gasteiger charge is -2.14. The van der Waals surface area contributed by atoms with Crippen molar-refractivity contribution in [1.29, 1.82) is 0 Å². The van der Waals surface area contributed by atoms with Gasteiger partial charge in [-0.15, -0.1) is 0 Å². The SMILES string of the molecule is CCS(=O)Oc1cc2cc3cc(OS(=O)CC)c(OS(=O)CC)cc3cc2cc1OS(=O)CC. The molecular formula is C22H26O8S4. The van der Waals surface area contributed by atoms with E-state index < -0.39 is 44.3 Å². The van der Waals surface area contributed by atoms with Crippen molar-refractivity contribution in [2.24, 2.45) is 0 Å². The van der Waals surface area contributed by atoms with Crippen molar-refractivity contribution in [3.8, 4) is 23.0 Å². The predicted octanol–water partition coefficient (Wildman–Crippen LogP) is 4.24. The maximum atomic E-state index is 12.0. The van der Waals surface area contributed by atoms with Gasteiger partial charge >= 0.3 is 0 Å². The quantitative estimate of drug-likeness (QED) is 0.311. The molecule has 0 radical (unpaired) electrons. The molecule has 3 rings (SSSR count). The minimum Gasteiger partial charge on any atom is -0.396 e. The van der Waals surface area contributed by atoms with Crippen LogP contribution in [-0.2, 0) is 44.3 Å². The van der Waals surface area contributed by atoms with E-state index in [1.165, 1.54) is 0 Å². The van der Waals surface area contributed by atoms with Crippen molar-refractivity contribution in [2.45, 2.75) is 27.7 Å². The molecule has 4 atom stereocenters. The number of hydrogen-bond donors (Lipinski definition) is 0. The van der Waals surface area contributed by atoms with Crippen LogP contribution < -0.4 is 16.7 Å². The van der Waals surface area contributed by atoms with Gasteiger partial charge in [0.05, 0.1) is 23.0 Å². The monoisotopic (exact) mass is 546 g/mol. The van der Waals surface area contributed by atoms with E-state index in [0.717, 1.165) is 21.5 Å². The molecule has 0 N–H and O–H groups in total. The Morgan fingerprint density at radius 1 is 0.441 bits per heavy atom. The Labute approximate surface area is 209 Å². The summed E-state index contributed by atoms with van der Waals surface area (Å²) in [6, 6.07) is 10.4. The first kappa shape index (κ1) is 26.6. The lowest BCUT2D eigenvalue weighted by molar-refractivity contribution is 0.513. The van der Waals surface area contributed by atoms with Crippen molar-refractivity contribution in [2.75, 3.05) is 23.0 Å². The zero-order valence-corrected chi connectivity index (χ0v) is 22.5. The maximum Gasteiger partial charge on any atom is 0.206 e. The zero-order valence-electron chi connectivity index (χ0n) is 19.2. The molecule has 0 aliphatic rings. The molecule has 8 nitrogen and oxygen atoms in total. The highest BCUT2D eigenvalue weighted by molar-refractivity contribution is 7.81. The molecule has 12 heteroatoms. The lowest BCUT2D eigenvalue weighted by atomic mass is 10.0. The highest BCUT2D eigenvalue weighted by Gasteiger charge is 2.17. The molecule has 3 aromatic carbocycles. The fourth-order valence-electron chi connectivity index (χ4n) is 2.91. The van der Waals surface area contributed by atoms with Gasteiger partial charge < -0.3 is 16.7 Å². The van der Waals surface area contributed by atoms with E-state index in [0.29, 0.717) is 0 Å². The minimum absolute atomic E-state index is 0.218. The van der Waals surface area contributed by atoms with E-state index >= 15 is 0 Å². The third-order valence-corrected chi connectivity index (χ3v) is 7.94. The van der Waals surface area contributed by atoms with Gasteiger partial charge in [-0.05, 0) is 57.9 Å². The number of benzene rings is 3. The minimum atomic E-state index is -1.57. The summed E-state index contributed by atoms with van der Waals surface area (Å²) in [5.74, 6) is 2.00. The Balaban J connectivity index is 2.19. The largest absolute Gasteiger partial charge is 0.396 e. The van der Waals surface area contributed by atoms with E-state index in [9.17, 15) is 16.8 Å². The summed E-state index contributed by atoms with van der Waals surface area (Å²) >= 11 is -6.30. The van der Waals surface area contributed by atoms with Crippen LogP contribution in [0.5, 0.6) is 23.0 Å². The summed E-state index contributed by atoms with van der Waals surface area (Å²) in [4.78, 5) is 0. The summed E-state index contributed by atoms with van der Waals surface area (Å²) < 4.78 is 70.2. The molecule has 0 saturated carbocycles. The first-order valence-electron chi connectivity index (χ1n) is 10.6. The van der Waals surface area contributed by atoms with Crippen LogP contribution in [0.2, 0.25) is 0 Å². The highest BCUT2D eigenvalue weighted by atomic mass is 32.2. The second kappa shape index (κ2) is 12.1. The average molecular weight is 547 g/mol. The Hall–Kier alpha value is -2.02. The molecule has 0 aliphatic heterocycles. The molecule has 0 bridgehead atoms. The predicted molar refractivity (Wildman–Crippen MR) is 139 cm³/mol. The van der Waals surface area contributed by atoms with Crippen molar-refractivity contribution in [3.05, 3.63) is 36.4 Å². The average Bonchev–Trinajstić information content (AvgIpc) is 2.83. The van der Waals surface area contributed by atoms with Gasteiger partial charge in [-0.2, -0.15) is 0 Å². The third kappa shape index (κ3) is 6.55. The second-order valence-corrected chi connectivity index (χ2v) is 12.3. The second-order valence-electron chi connectivity index (χ2n) is 6.85. The Kier molecular flexibility index (Phi) is 9.46. The molecular weight excluding hydrogens is 521 g/mol. The summed E-state index contributed by atoms with van der Waals surface area (Å²) in [5.41, 5.74) is 0. The summed E-state index contributed by atoms with van der Waals surface area (Å²) in [7, 11) is 0. The van der Waals surface area contributed by atoms with Crippen LogP contribution >= 0.6 is 0 Å². The van der Waals surface area contributed by atoms with Crippen molar-refractivity contribution < 1.29 is 33.6 Å². The van der Waals surface area contributed by atoms with E-state index in [4.69, 9.17) is 16.7 Å². The molecule has 0 saturated heterocycles. The third-order valence-electron chi connectivity index (χ3n) is 4.59. The molecule has 0 aromatic heterocycles. The molecule has 0 heterocycles. The van der Waals surface area contributed by atoms with Gasteiger partial charge in [-0.3, -0.25) is 0 Å². The van der Waals surface area contributed by atoms with E-state index in [1.807, 2.05) is 12.1 Å². The van der Waals surface area contributed by atoms with Crippen molar-refractivity contribution in [1.82, 2.24) is 0 Å². The summed E-state index contributed by atoms with van der Waals surface area (Å²) in [6.45, 7) is 6.90. The maximum absolute atomic E-state index is 12.0. The zero-order chi connectivity index (χ0) is 24.8. The van der Waals surface area contributed by atoms with Gasteiger partial charge in [-0.25, -0.2) is 16.8 Å². The van der Waals surface area contributed by atoms with Crippen LogP contribution in [0.3, 0.4) is 0 Å². The lowest BCUT2D eigenvalue weighted by Crippen LogP contribution is -2.07. The normalized spacial score (nSPS) is 14.9. The number of rotatable bonds is 12. The van der Waals surface area contributed by atoms with Crippen LogP contribution in [0.15, 0.2) is 36.4 Å². The van der Waals surface area contributed by atoms with Crippen LogP contribution in [0.4, 0.5) is 0 Å². The molecule has 0 amide bonds. The smallest absolute Gasteiger partial charge is 0.206 e. The van der Waals surface area contributed by atoms with Crippen molar-refractivity contribution >= 4 is 65.9 Å².